The van der Waals surface area contributed by atoms with Gasteiger partial charge in [0.1, 0.15) is 0 Å². The van der Waals surface area contributed by atoms with Crippen LogP contribution >= 0.6 is 0 Å². The van der Waals surface area contributed by atoms with Crippen molar-refractivity contribution >= 4 is 0 Å². The Labute approximate surface area is 68.8 Å². The molecule has 0 unspecified atom stereocenters. The highest BCUT2D eigenvalue weighted by Gasteiger charge is 2.02. The normalized spacial score (nSPS) is 12.8. The molecule has 0 atom stereocenters. The van der Waals surface area contributed by atoms with E-state index in [0.717, 1.165) is 12.1 Å². The average Bonchev–Trinajstić information content (AvgIpc) is 1.98. The van der Waals surface area contributed by atoms with Crippen molar-refractivity contribution in [2.45, 2.75) is 20.3 Å². The number of rotatable bonds is 4. The third kappa shape index (κ3) is 3.39. The Balaban J connectivity index is 4.30. The van der Waals surface area contributed by atoms with Crippen molar-refractivity contribution < 1.29 is 4.74 Å². The minimum Gasteiger partial charge on any atom is -0.378 e. The predicted octanol–water partition coefficient (Wildman–Crippen LogP) is 1.12. The lowest BCUT2D eigenvalue weighted by Crippen LogP contribution is -2.28. The molecule has 0 saturated heterocycles. The van der Waals surface area contributed by atoms with Gasteiger partial charge in [-0.1, -0.05) is 12.5 Å². The monoisotopic (exact) mass is 158 g/mol. The van der Waals surface area contributed by atoms with Crippen LogP contribution in [0.1, 0.15) is 20.3 Å². The number of nitrogens with zero attached hydrogens (tertiary/aromatic N) is 1. The van der Waals surface area contributed by atoms with Gasteiger partial charge in [-0.05, 0) is 13.3 Å². The van der Waals surface area contributed by atoms with Gasteiger partial charge in [0, 0.05) is 14.2 Å². The van der Waals surface area contributed by atoms with E-state index in [2.05, 4.69) is 13.8 Å². The molecular formula is C8H18N2O. The zero-order chi connectivity index (χ0) is 8.85. The standard InChI is InChI=1S/C8H18N2O/c1-5-7(2)8(6-11-4)10(3)9/h5-6,9H2,1-4H3/b8-7+. The van der Waals surface area contributed by atoms with Gasteiger partial charge in [0.15, 0.2) is 0 Å². The molecule has 0 aromatic heterocycles. The number of allylic oxidation sites excluding steroid dienone is 1. The summed E-state index contributed by atoms with van der Waals surface area (Å²) >= 11 is 0. The van der Waals surface area contributed by atoms with Crippen LogP contribution < -0.4 is 5.84 Å². The van der Waals surface area contributed by atoms with Crippen LogP contribution in [0, 0.1) is 0 Å². The second-order valence-electron chi connectivity index (χ2n) is 2.62. The molecule has 2 N–H and O–H groups in total. The summed E-state index contributed by atoms with van der Waals surface area (Å²) < 4.78 is 5.01. The number of nitrogens with two attached hydrogens (primary N) is 1. The van der Waals surface area contributed by atoms with Crippen molar-refractivity contribution in [2.75, 3.05) is 20.8 Å². The van der Waals surface area contributed by atoms with Gasteiger partial charge in [-0.3, -0.25) is 0 Å². The van der Waals surface area contributed by atoms with Gasteiger partial charge in [0.2, 0.25) is 0 Å². The van der Waals surface area contributed by atoms with Gasteiger partial charge < -0.3 is 9.75 Å². The lowest BCUT2D eigenvalue weighted by molar-refractivity contribution is 0.196. The number of hydrazine groups is 1. The smallest absolute Gasteiger partial charge is 0.0874 e. The number of ether oxygens (including phenoxy) is 1. The fraction of sp³-hybridized carbons (Fsp3) is 0.750. The molecule has 3 heteroatoms. The van der Waals surface area contributed by atoms with Crippen molar-refractivity contribution in [3.05, 3.63) is 11.3 Å². The average molecular weight is 158 g/mol. The second-order valence-corrected chi connectivity index (χ2v) is 2.62. The minimum atomic E-state index is 0.590. The molecule has 0 aromatic carbocycles. The first-order valence-corrected chi connectivity index (χ1v) is 3.79. The molecule has 0 bridgehead atoms. The zero-order valence-electron chi connectivity index (χ0n) is 7.85. The van der Waals surface area contributed by atoms with E-state index in [1.165, 1.54) is 5.57 Å². The molecule has 0 saturated carbocycles. The summed E-state index contributed by atoms with van der Waals surface area (Å²) in [6.07, 6.45) is 1.01. The Morgan fingerprint density at radius 1 is 1.55 bits per heavy atom. The Kier molecular flexibility index (Phi) is 4.90. The van der Waals surface area contributed by atoms with Crippen molar-refractivity contribution in [2.24, 2.45) is 5.84 Å². The third-order valence-electron chi connectivity index (χ3n) is 1.73. The SMILES string of the molecule is CC/C(C)=C(\COC)N(C)N. The van der Waals surface area contributed by atoms with Gasteiger partial charge in [0.05, 0.1) is 12.3 Å². The number of hydrogen-bond acceptors (Lipinski definition) is 3. The first kappa shape index (κ1) is 10.5. The highest BCUT2D eigenvalue weighted by molar-refractivity contribution is 5.09. The van der Waals surface area contributed by atoms with E-state index in [9.17, 15) is 0 Å². The van der Waals surface area contributed by atoms with E-state index in [4.69, 9.17) is 10.6 Å². The summed E-state index contributed by atoms with van der Waals surface area (Å²) in [5.74, 6) is 5.59. The van der Waals surface area contributed by atoms with Crippen LogP contribution in [-0.2, 0) is 4.74 Å². The lowest BCUT2D eigenvalue weighted by atomic mass is 10.2. The summed E-state index contributed by atoms with van der Waals surface area (Å²) in [6, 6.07) is 0. The van der Waals surface area contributed by atoms with Gasteiger partial charge in [0.25, 0.3) is 0 Å². The molecule has 0 amide bonds. The molecule has 0 aliphatic carbocycles. The van der Waals surface area contributed by atoms with Gasteiger partial charge in [-0.15, -0.1) is 0 Å². The molecule has 0 heterocycles. The van der Waals surface area contributed by atoms with E-state index in [-0.39, 0.29) is 0 Å². The first-order chi connectivity index (χ1) is 5.13. The highest BCUT2D eigenvalue weighted by Crippen LogP contribution is 2.08. The molecule has 0 radical (unpaired) electrons. The van der Waals surface area contributed by atoms with Crippen LogP contribution in [-0.4, -0.2) is 25.8 Å². The Hall–Kier alpha value is -0.540. The van der Waals surface area contributed by atoms with Crippen LogP contribution in [0.15, 0.2) is 11.3 Å². The summed E-state index contributed by atoms with van der Waals surface area (Å²) in [7, 11) is 3.50. The van der Waals surface area contributed by atoms with Crippen molar-refractivity contribution in [1.29, 1.82) is 0 Å². The van der Waals surface area contributed by atoms with Gasteiger partial charge in [-0.2, -0.15) is 0 Å². The van der Waals surface area contributed by atoms with Crippen LogP contribution in [0.4, 0.5) is 0 Å². The Morgan fingerprint density at radius 2 is 2.09 bits per heavy atom. The fourth-order valence-corrected chi connectivity index (χ4v) is 0.867. The minimum absolute atomic E-state index is 0.590. The largest absolute Gasteiger partial charge is 0.378 e. The summed E-state index contributed by atoms with van der Waals surface area (Å²) in [5, 5.41) is 1.61. The predicted molar refractivity (Wildman–Crippen MR) is 46.8 cm³/mol. The van der Waals surface area contributed by atoms with Crippen molar-refractivity contribution in [1.82, 2.24) is 5.01 Å². The molecule has 0 aromatic rings. The molecule has 0 fully saturated rings. The molecule has 0 spiro atoms. The van der Waals surface area contributed by atoms with E-state index in [1.807, 2.05) is 7.05 Å². The van der Waals surface area contributed by atoms with Crippen molar-refractivity contribution in [3.8, 4) is 0 Å². The maximum Gasteiger partial charge on any atom is 0.0874 e. The topological polar surface area (TPSA) is 38.5 Å². The third-order valence-corrected chi connectivity index (χ3v) is 1.73. The highest BCUT2D eigenvalue weighted by atomic mass is 16.5. The maximum absolute atomic E-state index is 5.59. The molecule has 0 rings (SSSR count). The number of likely N-dealkylation sites (N-methyl/N-ethyl adjacent to an activating group) is 1. The van der Waals surface area contributed by atoms with Gasteiger partial charge in [-0.25, -0.2) is 5.84 Å². The molecule has 11 heavy (non-hydrogen) atoms. The van der Waals surface area contributed by atoms with E-state index >= 15 is 0 Å². The quantitative estimate of drug-likeness (QED) is 0.492. The zero-order valence-corrected chi connectivity index (χ0v) is 7.85. The molecule has 0 aliphatic heterocycles. The molecule has 0 aliphatic rings. The van der Waals surface area contributed by atoms with Gasteiger partial charge >= 0.3 is 0 Å². The molecule has 3 nitrogen and oxygen atoms in total. The van der Waals surface area contributed by atoms with Crippen LogP contribution in [0.3, 0.4) is 0 Å². The van der Waals surface area contributed by atoms with Crippen molar-refractivity contribution in [3.63, 3.8) is 0 Å². The Morgan fingerprint density at radius 3 is 2.36 bits per heavy atom. The summed E-state index contributed by atoms with van der Waals surface area (Å²) in [4.78, 5) is 0. The van der Waals surface area contributed by atoms with Crippen LogP contribution in [0.5, 0.6) is 0 Å². The van der Waals surface area contributed by atoms with E-state index in [1.54, 1.807) is 12.1 Å². The Bertz CT molecular complexity index is 141. The van der Waals surface area contributed by atoms with E-state index in [0.29, 0.717) is 6.61 Å². The van der Waals surface area contributed by atoms with E-state index < -0.39 is 0 Å². The number of hydrogen-bond donors (Lipinski definition) is 1. The van der Waals surface area contributed by atoms with Crippen LogP contribution in [0.25, 0.3) is 0 Å². The molecule has 66 valence electrons. The fourth-order valence-electron chi connectivity index (χ4n) is 0.867. The first-order valence-electron chi connectivity index (χ1n) is 3.79. The molecular weight excluding hydrogens is 140 g/mol. The lowest BCUT2D eigenvalue weighted by Gasteiger charge is -2.18. The second kappa shape index (κ2) is 5.16. The van der Waals surface area contributed by atoms with Crippen LogP contribution in [0.2, 0.25) is 0 Å². The maximum atomic E-state index is 5.59. The summed E-state index contributed by atoms with van der Waals surface area (Å²) in [5.41, 5.74) is 2.34. The number of methoxy groups -OCH3 is 1. The summed E-state index contributed by atoms with van der Waals surface area (Å²) in [6.45, 7) is 4.76.